The highest BCUT2D eigenvalue weighted by molar-refractivity contribution is 14.0. The van der Waals surface area contributed by atoms with E-state index in [9.17, 15) is 0 Å². The summed E-state index contributed by atoms with van der Waals surface area (Å²) in [4.78, 5) is 4.26. The number of benzene rings is 1. The Bertz CT molecular complexity index is 363. The second-order valence-electron chi connectivity index (χ2n) is 4.32. The molecule has 0 fully saturated rings. The molecule has 0 amide bonds. The quantitative estimate of drug-likeness (QED) is 0.480. The van der Waals surface area contributed by atoms with Crippen LogP contribution in [0.1, 0.15) is 19.4 Å². The summed E-state index contributed by atoms with van der Waals surface area (Å²) in [7, 11) is 1.65. The largest absolute Gasteiger partial charge is 0.497 e. The van der Waals surface area contributed by atoms with Crippen LogP contribution in [0.25, 0.3) is 0 Å². The van der Waals surface area contributed by atoms with Crippen LogP contribution in [0.2, 0.25) is 0 Å². The van der Waals surface area contributed by atoms with Gasteiger partial charge in [0.25, 0.3) is 0 Å². The second kappa shape index (κ2) is 9.02. The molecular weight excluding hydrogens is 341 g/mol. The summed E-state index contributed by atoms with van der Waals surface area (Å²) in [5, 5.41) is 3.08. The van der Waals surface area contributed by atoms with Gasteiger partial charge in [0, 0.05) is 6.54 Å². The Morgan fingerprint density at radius 1 is 1.33 bits per heavy atom. The zero-order valence-electron chi connectivity index (χ0n) is 11.1. The first-order valence-electron chi connectivity index (χ1n) is 5.78. The van der Waals surface area contributed by atoms with Crippen LogP contribution in [-0.2, 0) is 6.54 Å². The molecule has 0 spiro atoms. The first kappa shape index (κ1) is 17.0. The molecule has 0 aromatic heterocycles. The van der Waals surface area contributed by atoms with Gasteiger partial charge in [-0.1, -0.05) is 26.0 Å². The van der Waals surface area contributed by atoms with Gasteiger partial charge in [0.1, 0.15) is 5.75 Å². The van der Waals surface area contributed by atoms with Gasteiger partial charge in [-0.25, -0.2) is 4.99 Å². The smallest absolute Gasteiger partial charge is 0.188 e. The van der Waals surface area contributed by atoms with Crippen molar-refractivity contribution >= 4 is 29.9 Å². The molecule has 1 aromatic carbocycles. The van der Waals surface area contributed by atoms with Crippen molar-refractivity contribution in [2.75, 3.05) is 13.7 Å². The van der Waals surface area contributed by atoms with Crippen LogP contribution in [0, 0.1) is 5.92 Å². The highest BCUT2D eigenvalue weighted by atomic mass is 127. The van der Waals surface area contributed by atoms with Crippen molar-refractivity contribution in [2.45, 2.75) is 20.4 Å². The minimum absolute atomic E-state index is 0. The third-order valence-corrected chi connectivity index (χ3v) is 2.28. The molecule has 0 unspecified atom stereocenters. The van der Waals surface area contributed by atoms with E-state index in [2.05, 4.69) is 24.2 Å². The normalized spacial score (nSPS) is 11.0. The maximum atomic E-state index is 5.74. The zero-order valence-corrected chi connectivity index (χ0v) is 13.5. The monoisotopic (exact) mass is 363 g/mol. The Morgan fingerprint density at radius 3 is 2.44 bits per heavy atom. The van der Waals surface area contributed by atoms with Gasteiger partial charge in [-0.3, -0.25) is 0 Å². The van der Waals surface area contributed by atoms with Crippen LogP contribution < -0.4 is 15.8 Å². The van der Waals surface area contributed by atoms with Gasteiger partial charge in [0.05, 0.1) is 13.7 Å². The summed E-state index contributed by atoms with van der Waals surface area (Å²) in [6.45, 7) is 5.69. The Balaban J connectivity index is 0.00000289. The molecule has 0 saturated carbocycles. The summed E-state index contributed by atoms with van der Waals surface area (Å²) in [6, 6.07) is 7.81. The number of hydrogen-bond acceptors (Lipinski definition) is 2. The van der Waals surface area contributed by atoms with Crippen molar-refractivity contribution in [3.05, 3.63) is 29.8 Å². The van der Waals surface area contributed by atoms with Crippen LogP contribution in [0.15, 0.2) is 29.3 Å². The predicted octanol–water partition coefficient (Wildman–Crippen LogP) is 2.37. The Labute approximate surface area is 126 Å². The SMILES string of the molecule is COc1ccc(CN=C(N)NCC(C)C)cc1.I. The number of nitrogens with two attached hydrogens (primary N) is 1. The molecule has 1 aromatic rings. The first-order chi connectivity index (χ1) is 8.11. The van der Waals surface area contributed by atoms with Gasteiger partial charge in [0.2, 0.25) is 0 Å². The molecule has 0 bridgehead atoms. The van der Waals surface area contributed by atoms with Crippen molar-refractivity contribution < 1.29 is 4.74 Å². The Morgan fingerprint density at radius 2 is 1.94 bits per heavy atom. The van der Waals surface area contributed by atoms with Crippen LogP contribution in [-0.4, -0.2) is 19.6 Å². The third kappa shape index (κ3) is 6.68. The number of methoxy groups -OCH3 is 1. The Kier molecular flexibility index (Phi) is 8.53. The van der Waals surface area contributed by atoms with Crippen molar-refractivity contribution in [1.82, 2.24) is 5.32 Å². The number of aliphatic imine (C=N–C) groups is 1. The highest BCUT2D eigenvalue weighted by Crippen LogP contribution is 2.11. The lowest BCUT2D eigenvalue weighted by Gasteiger charge is -2.07. The number of halogens is 1. The van der Waals surface area contributed by atoms with Gasteiger partial charge >= 0.3 is 0 Å². The lowest BCUT2D eigenvalue weighted by atomic mass is 10.2. The van der Waals surface area contributed by atoms with Gasteiger partial charge in [-0.2, -0.15) is 0 Å². The number of nitrogens with one attached hydrogen (secondary N) is 1. The molecular formula is C13H22IN3O. The maximum absolute atomic E-state index is 5.74. The third-order valence-electron chi connectivity index (χ3n) is 2.28. The van der Waals surface area contributed by atoms with E-state index in [1.165, 1.54) is 0 Å². The predicted molar refractivity (Wildman–Crippen MR) is 86.6 cm³/mol. The fraction of sp³-hybridized carbons (Fsp3) is 0.462. The minimum Gasteiger partial charge on any atom is -0.497 e. The van der Waals surface area contributed by atoms with E-state index < -0.39 is 0 Å². The molecule has 0 aliphatic rings. The van der Waals surface area contributed by atoms with E-state index in [-0.39, 0.29) is 24.0 Å². The lowest BCUT2D eigenvalue weighted by molar-refractivity contribution is 0.414. The molecule has 0 atom stereocenters. The number of ether oxygens (including phenoxy) is 1. The highest BCUT2D eigenvalue weighted by Gasteiger charge is 1.96. The molecule has 3 N–H and O–H groups in total. The van der Waals surface area contributed by atoms with E-state index in [4.69, 9.17) is 10.5 Å². The average Bonchev–Trinajstić information content (AvgIpc) is 2.34. The standard InChI is InChI=1S/C13H21N3O.HI/c1-10(2)8-15-13(14)16-9-11-4-6-12(17-3)7-5-11;/h4-7,10H,8-9H2,1-3H3,(H3,14,15,16);1H. The fourth-order valence-corrected chi connectivity index (χ4v) is 1.27. The van der Waals surface area contributed by atoms with Crippen molar-refractivity contribution in [3.63, 3.8) is 0 Å². The molecule has 0 aliphatic carbocycles. The average molecular weight is 363 g/mol. The molecule has 102 valence electrons. The van der Waals surface area contributed by atoms with E-state index >= 15 is 0 Å². The van der Waals surface area contributed by atoms with Gasteiger partial charge < -0.3 is 15.8 Å². The van der Waals surface area contributed by atoms with Crippen molar-refractivity contribution in [1.29, 1.82) is 0 Å². The Hall–Kier alpha value is -0.980. The zero-order chi connectivity index (χ0) is 12.7. The minimum atomic E-state index is 0. The van der Waals surface area contributed by atoms with E-state index in [0.29, 0.717) is 18.4 Å². The summed E-state index contributed by atoms with van der Waals surface area (Å²) >= 11 is 0. The molecule has 5 heteroatoms. The number of nitrogens with zero attached hydrogens (tertiary/aromatic N) is 1. The second-order valence-corrected chi connectivity index (χ2v) is 4.32. The molecule has 0 aliphatic heterocycles. The van der Waals surface area contributed by atoms with Gasteiger partial charge in [-0.05, 0) is 23.6 Å². The maximum Gasteiger partial charge on any atom is 0.188 e. The van der Waals surface area contributed by atoms with Crippen LogP contribution in [0.4, 0.5) is 0 Å². The number of rotatable bonds is 5. The van der Waals surface area contributed by atoms with Crippen LogP contribution >= 0.6 is 24.0 Å². The van der Waals surface area contributed by atoms with Crippen LogP contribution in [0.5, 0.6) is 5.75 Å². The topological polar surface area (TPSA) is 59.6 Å². The first-order valence-corrected chi connectivity index (χ1v) is 5.78. The van der Waals surface area contributed by atoms with Crippen LogP contribution in [0.3, 0.4) is 0 Å². The van der Waals surface area contributed by atoms with Gasteiger partial charge in [0.15, 0.2) is 5.96 Å². The van der Waals surface area contributed by atoms with Crippen molar-refractivity contribution in [3.8, 4) is 5.75 Å². The molecule has 18 heavy (non-hydrogen) atoms. The molecule has 1 rings (SSSR count). The molecule has 0 saturated heterocycles. The van der Waals surface area contributed by atoms with E-state index in [1.54, 1.807) is 7.11 Å². The fourth-order valence-electron chi connectivity index (χ4n) is 1.27. The summed E-state index contributed by atoms with van der Waals surface area (Å²) in [5.41, 5.74) is 6.85. The number of hydrogen-bond donors (Lipinski definition) is 2. The molecule has 4 nitrogen and oxygen atoms in total. The summed E-state index contributed by atoms with van der Waals surface area (Å²) in [6.07, 6.45) is 0. The molecule has 0 radical (unpaired) electrons. The van der Waals surface area contributed by atoms with Crippen molar-refractivity contribution in [2.24, 2.45) is 16.6 Å². The van der Waals surface area contributed by atoms with E-state index in [1.807, 2.05) is 24.3 Å². The number of guanidine groups is 1. The molecule has 0 heterocycles. The summed E-state index contributed by atoms with van der Waals surface area (Å²) < 4.78 is 5.09. The van der Waals surface area contributed by atoms with E-state index in [0.717, 1.165) is 17.9 Å². The lowest BCUT2D eigenvalue weighted by Crippen LogP contribution is -2.34. The summed E-state index contributed by atoms with van der Waals surface area (Å²) in [5.74, 6) is 1.91. The van der Waals surface area contributed by atoms with Gasteiger partial charge in [-0.15, -0.1) is 24.0 Å².